The Balaban J connectivity index is 2.53. The SMILES string of the molecule is COC(CC(C)=O)Sc1ccccc1. The Bertz CT molecular complexity index is 285. The monoisotopic (exact) mass is 210 g/mol. The highest BCUT2D eigenvalue weighted by atomic mass is 32.2. The number of methoxy groups -OCH3 is 1. The molecule has 1 unspecified atom stereocenters. The smallest absolute Gasteiger partial charge is 0.133 e. The van der Waals surface area contributed by atoms with Gasteiger partial charge in [0.15, 0.2) is 0 Å². The molecule has 1 aromatic rings. The number of hydrogen-bond donors (Lipinski definition) is 0. The molecular formula is C11H14O2S. The summed E-state index contributed by atoms with van der Waals surface area (Å²) in [6, 6.07) is 9.94. The summed E-state index contributed by atoms with van der Waals surface area (Å²) in [5.74, 6) is 0.153. The van der Waals surface area contributed by atoms with E-state index in [1.165, 1.54) is 0 Å². The number of carbonyl (C=O) groups excluding carboxylic acids is 1. The van der Waals surface area contributed by atoms with Crippen molar-refractivity contribution in [2.75, 3.05) is 7.11 Å². The number of ketones is 1. The van der Waals surface area contributed by atoms with Crippen LogP contribution in [0.5, 0.6) is 0 Å². The molecule has 0 aliphatic rings. The van der Waals surface area contributed by atoms with Crippen molar-refractivity contribution in [1.82, 2.24) is 0 Å². The average Bonchev–Trinajstić information content (AvgIpc) is 2.17. The van der Waals surface area contributed by atoms with Gasteiger partial charge in [-0.1, -0.05) is 30.0 Å². The molecule has 0 bridgehead atoms. The third-order valence-electron chi connectivity index (χ3n) is 1.73. The topological polar surface area (TPSA) is 26.3 Å². The highest BCUT2D eigenvalue weighted by Gasteiger charge is 2.11. The van der Waals surface area contributed by atoms with Crippen molar-refractivity contribution < 1.29 is 9.53 Å². The Morgan fingerprint density at radius 3 is 2.57 bits per heavy atom. The molecular weight excluding hydrogens is 196 g/mol. The molecule has 0 fully saturated rings. The quantitative estimate of drug-likeness (QED) is 0.552. The number of thioether (sulfide) groups is 1. The molecule has 0 aromatic heterocycles. The molecule has 1 atom stereocenters. The number of carbonyl (C=O) groups is 1. The van der Waals surface area contributed by atoms with E-state index in [1.54, 1.807) is 25.8 Å². The fourth-order valence-electron chi connectivity index (χ4n) is 1.06. The average molecular weight is 210 g/mol. The van der Waals surface area contributed by atoms with Crippen LogP contribution in [0.25, 0.3) is 0 Å². The Kier molecular flexibility index (Phi) is 4.70. The highest BCUT2D eigenvalue weighted by Crippen LogP contribution is 2.25. The molecule has 0 aliphatic heterocycles. The van der Waals surface area contributed by atoms with Gasteiger partial charge < -0.3 is 4.74 Å². The van der Waals surface area contributed by atoms with E-state index in [-0.39, 0.29) is 11.2 Å². The van der Waals surface area contributed by atoms with Crippen molar-refractivity contribution in [3.8, 4) is 0 Å². The summed E-state index contributed by atoms with van der Waals surface area (Å²) in [4.78, 5) is 12.0. The van der Waals surface area contributed by atoms with Crippen molar-refractivity contribution in [3.05, 3.63) is 30.3 Å². The van der Waals surface area contributed by atoms with E-state index in [1.807, 2.05) is 30.3 Å². The van der Waals surface area contributed by atoms with Gasteiger partial charge >= 0.3 is 0 Å². The Labute approximate surface area is 88.7 Å². The van der Waals surface area contributed by atoms with Gasteiger partial charge in [0.1, 0.15) is 11.2 Å². The van der Waals surface area contributed by atoms with Crippen molar-refractivity contribution in [2.45, 2.75) is 23.7 Å². The lowest BCUT2D eigenvalue weighted by molar-refractivity contribution is -0.118. The van der Waals surface area contributed by atoms with Crippen LogP contribution in [0.15, 0.2) is 35.2 Å². The zero-order chi connectivity index (χ0) is 10.4. The Morgan fingerprint density at radius 2 is 2.07 bits per heavy atom. The molecule has 0 N–H and O–H groups in total. The number of benzene rings is 1. The van der Waals surface area contributed by atoms with Gasteiger partial charge in [-0.05, 0) is 19.1 Å². The maximum absolute atomic E-state index is 10.9. The van der Waals surface area contributed by atoms with Gasteiger partial charge in [0.05, 0.1) is 0 Å². The van der Waals surface area contributed by atoms with Gasteiger partial charge in [0.25, 0.3) is 0 Å². The number of ether oxygens (including phenoxy) is 1. The predicted octanol–water partition coefficient (Wildman–Crippen LogP) is 2.73. The summed E-state index contributed by atoms with van der Waals surface area (Å²) in [6.07, 6.45) is 0.454. The number of Topliss-reactive ketones (excluding diaryl/α,β-unsaturated/α-hetero) is 1. The third kappa shape index (κ3) is 3.94. The van der Waals surface area contributed by atoms with Crippen LogP contribution in [0.2, 0.25) is 0 Å². The first-order chi connectivity index (χ1) is 6.72. The molecule has 3 heteroatoms. The predicted molar refractivity (Wildman–Crippen MR) is 58.4 cm³/mol. The zero-order valence-corrected chi connectivity index (χ0v) is 9.21. The second kappa shape index (κ2) is 5.83. The molecule has 0 saturated carbocycles. The second-order valence-electron chi connectivity index (χ2n) is 3.00. The molecule has 1 rings (SSSR count). The normalized spacial score (nSPS) is 12.4. The largest absolute Gasteiger partial charge is 0.370 e. The van der Waals surface area contributed by atoms with Crippen molar-refractivity contribution in [3.63, 3.8) is 0 Å². The van der Waals surface area contributed by atoms with Crippen LogP contribution in [0.1, 0.15) is 13.3 Å². The molecule has 0 heterocycles. The lowest BCUT2D eigenvalue weighted by Gasteiger charge is -2.12. The van der Waals surface area contributed by atoms with Crippen molar-refractivity contribution in [1.29, 1.82) is 0 Å². The lowest BCUT2D eigenvalue weighted by Crippen LogP contribution is -2.09. The molecule has 0 spiro atoms. The van der Waals surface area contributed by atoms with Crippen LogP contribution in [0.4, 0.5) is 0 Å². The van der Waals surface area contributed by atoms with E-state index in [2.05, 4.69) is 0 Å². The zero-order valence-electron chi connectivity index (χ0n) is 8.40. The Hall–Kier alpha value is -0.800. The summed E-state index contributed by atoms with van der Waals surface area (Å²) in [6.45, 7) is 1.58. The van der Waals surface area contributed by atoms with Gasteiger partial charge in [-0.3, -0.25) is 4.79 Å². The third-order valence-corrected chi connectivity index (χ3v) is 2.89. The molecule has 0 saturated heterocycles. The van der Waals surface area contributed by atoms with Crippen LogP contribution in [0, 0.1) is 0 Å². The standard InChI is InChI=1S/C11H14O2S/c1-9(12)8-11(13-2)14-10-6-4-3-5-7-10/h3-7,11H,8H2,1-2H3. The molecule has 0 radical (unpaired) electrons. The van der Waals surface area contributed by atoms with Gasteiger partial charge in [-0.2, -0.15) is 0 Å². The number of hydrogen-bond acceptors (Lipinski definition) is 3. The van der Waals surface area contributed by atoms with E-state index in [0.29, 0.717) is 6.42 Å². The summed E-state index contributed by atoms with van der Waals surface area (Å²) in [5.41, 5.74) is -0.0742. The van der Waals surface area contributed by atoms with E-state index >= 15 is 0 Å². The van der Waals surface area contributed by atoms with E-state index in [4.69, 9.17) is 4.74 Å². The molecule has 76 valence electrons. The molecule has 0 amide bonds. The minimum atomic E-state index is -0.0742. The molecule has 14 heavy (non-hydrogen) atoms. The second-order valence-corrected chi connectivity index (χ2v) is 4.24. The van der Waals surface area contributed by atoms with E-state index in [9.17, 15) is 4.79 Å². The summed E-state index contributed by atoms with van der Waals surface area (Å²) in [5, 5.41) is 0. The van der Waals surface area contributed by atoms with Crippen LogP contribution in [-0.2, 0) is 9.53 Å². The maximum atomic E-state index is 10.9. The number of rotatable bonds is 5. The minimum absolute atomic E-state index is 0.0742. The van der Waals surface area contributed by atoms with Gasteiger partial charge in [0, 0.05) is 18.4 Å². The van der Waals surface area contributed by atoms with Crippen LogP contribution >= 0.6 is 11.8 Å². The Morgan fingerprint density at radius 1 is 1.43 bits per heavy atom. The molecule has 1 aromatic carbocycles. The minimum Gasteiger partial charge on any atom is -0.370 e. The highest BCUT2D eigenvalue weighted by molar-refractivity contribution is 7.99. The first-order valence-corrected chi connectivity index (χ1v) is 5.34. The molecule has 2 nitrogen and oxygen atoms in total. The fourth-order valence-corrected chi connectivity index (χ4v) is 2.09. The van der Waals surface area contributed by atoms with E-state index < -0.39 is 0 Å². The van der Waals surface area contributed by atoms with Crippen LogP contribution in [-0.4, -0.2) is 18.3 Å². The van der Waals surface area contributed by atoms with Crippen molar-refractivity contribution >= 4 is 17.5 Å². The first-order valence-electron chi connectivity index (χ1n) is 4.46. The van der Waals surface area contributed by atoms with Crippen molar-refractivity contribution in [2.24, 2.45) is 0 Å². The summed E-state index contributed by atoms with van der Waals surface area (Å²) >= 11 is 1.57. The van der Waals surface area contributed by atoms with Gasteiger partial charge in [-0.25, -0.2) is 0 Å². The first kappa shape index (κ1) is 11.3. The van der Waals surface area contributed by atoms with Crippen LogP contribution in [0.3, 0.4) is 0 Å². The summed E-state index contributed by atoms with van der Waals surface area (Å²) < 4.78 is 5.21. The van der Waals surface area contributed by atoms with E-state index in [0.717, 1.165) is 4.90 Å². The van der Waals surface area contributed by atoms with Gasteiger partial charge in [-0.15, -0.1) is 0 Å². The fraction of sp³-hybridized carbons (Fsp3) is 0.364. The lowest BCUT2D eigenvalue weighted by atomic mass is 10.3. The molecule has 0 aliphatic carbocycles. The van der Waals surface area contributed by atoms with Gasteiger partial charge in [0.2, 0.25) is 0 Å². The maximum Gasteiger partial charge on any atom is 0.133 e. The summed E-state index contributed by atoms with van der Waals surface area (Å²) in [7, 11) is 1.63. The van der Waals surface area contributed by atoms with Crippen LogP contribution < -0.4 is 0 Å².